The molecule has 1 fully saturated rings. The normalized spacial score (nSPS) is 17.4. The third-order valence-corrected chi connectivity index (χ3v) is 4.08. The maximum absolute atomic E-state index is 12.5. The Morgan fingerprint density at radius 3 is 2.38 bits per heavy atom. The molecule has 2 amide bonds. The standard InChI is InChI=1S/C15H17N3O3.C3H8/c1-3-9-4-5-10-12(8-9)17(2)15(21)18(10)11-6-7-13(19)16-14(11)20;1-3-2/h4-5,8,11H,3,6-7H2,1-2H3,(H,16,19,20);3H2,1-2H3. The van der Waals surface area contributed by atoms with Crippen LogP contribution in [0.15, 0.2) is 23.0 Å². The molecule has 1 unspecified atom stereocenters. The maximum atomic E-state index is 12.5. The number of hydrogen-bond donors (Lipinski definition) is 1. The monoisotopic (exact) mass is 331 g/mol. The first-order chi connectivity index (χ1) is 11.4. The Morgan fingerprint density at radius 2 is 1.79 bits per heavy atom. The summed E-state index contributed by atoms with van der Waals surface area (Å²) in [6.45, 7) is 6.30. The molecule has 1 aromatic carbocycles. The summed E-state index contributed by atoms with van der Waals surface area (Å²) in [7, 11) is 1.70. The van der Waals surface area contributed by atoms with Crippen molar-refractivity contribution in [1.82, 2.24) is 14.5 Å². The molecule has 0 saturated carbocycles. The lowest BCUT2D eigenvalue weighted by atomic mass is 10.1. The summed E-state index contributed by atoms with van der Waals surface area (Å²) in [4.78, 5) is 35.8. The number of piperidine rings is 1. The first-order valence-electron chi connectivity index (χ1n) is 8.48. The number of carbonyl (C=O) groups excluding carboxylic acids is 2. The number of nitrogens with one attached hydrogen (secondary N) is 1. The second kappa shape index (κ2) is 7.47. The lowest BCUT2D eigenvalue weighted by Crippen LogP contribution is -2.44. The van der Waals surface area contributed by atoms with Crippen LogP contribution in [-0.4, -0.2) is 20.9 Å². The SMILES string of the molecule is CCC.CCc1ccc2c(c1)n(C)c(=O)n2C1CCC(=O)NC1=O. The van der Waals surface area contributed by atoms with Crippen molar-refractivity contribution in [2.75, 3.05) is 0 Å². The fraction of sp³-hybridized carbons (Fsp3) is 0.500. The number of nitrogens with zero attached hydrogens (tertiary/aromatic N) is 2. The molecule has 0 spiro atoms. The molecule has 0 bridgehead atoms. The molecule has 2 heterocycles. The van der Waals surface area contributed by atoms with Crippen LogP contribution in [0, 0.1) is 0 Å². The summed E-state index contributed by atoms with van der Waals surface area (Å²) in [6.07, 6.45) is 2.75. The summed E-state index contributed by atoms with van der Waals surface area (Å²) >= 11 is 0. The van der Waals surface area contributed by atoms with Crippen LogP contribution in [-0.2, 0) is 23.1 Å². The molecule has 3 rings (SSSR count). The topological polar surface area (TPSA) is 73.1 Å². The van der Waals surface area contributed by atoms with Crippen molar-refractivity contribution in [2.45, 2.75) is 52.5 Å². The molecule has 1 aliphatic rings. The van der Waals surface area contributed by atoms with Gasteiger partial charge in [0.05, 0.1) is 11.0 Å². The predicted molar refractivity (Wildman–Crippen MR) is 93.9 cm³/mol. The number of imidazole rings is 1. The van der Waals surface area contributed by atoms with Gasteiger partial charge in [-0.2, -0.15) is 0 Å². The average molecular weight is 331 g/mol. The highest BCUT2D eigenvalue weighted by atomic mass is 16.2. The number of benzene rings is 1. The Hall–Kier alpha value is -2.37. The summed E-state index contributed by atoms with van der Waals surface area (Å²) < 4.78 is 3.05. The van der Waals surface area contributed by atoms with E-state index in [1.165, 1.54) is 11.0 Å². The number of fused-ring (bicyclic) bond motifs is 1. The Labute approximate surface area is 141 Å². The smallest absolute Gasteiger partial charge is 0.295 e. The zero-order chi connectivity index (χ0) is 17.9. The van der Waals surface area contributed by atoms with Gasteiger partial charge in [0, 0.05) is 13.5 Å². The highest BCUT2D eigenvalue weighted by Crippen LogP contribution is 2.23. The molecule has 1 N–H and O–H groups in total. The minimum absolute atomic E-state index is 0.229. The van der Waals surface area contributed by atoms with Gasteiger partial charge in [0.15, 0.2) is 0 Å². The van der Waals surface area contributed by atoms with Crippen molar-refractivity contribution in [3.63, 3.8) is 0 Å². The Morgan fingerprint density at radius 1 is 1.12 bits per heavy atom. The van der Waals surface area contributed by atoms with E-state index in [1.54, 1.807) is 11.6 Å². The van der Waals surface area contributed by atoms with Gasteiger partial charge in [0.1, 0.15) is 6.04 Å². The molecular formula is C18H25N3O3. The molecule has 0 aliphatic carbocycles. The van der Waals surface area contributed by atoms with Crippen LogP contribution >= 0.6 is 0 Å². The molecular weight excluding hydrogens is 306 g/mol. The number of imide groups is 1. The van der Waals surface area contributed by atoms with Crippen LogP contribution < -0.4 is 11.0 Å². The van der Waals surface area contributed by atoms with Gasteiger partial charge in [-0.3, -0.25) is 24.0 Å². The summed E-state index contributed by atoms with van der Waals surface area (Å²) in [5.41, 5.74) is 2.45. The fourth-order valence-corrected chi connectivity index (χ4v) is 2.86. The van der Waals surface area contributed by atoms with Crippen molar-refractivity contribution in [1.29, 1.82) is 0 Å². The highest BCUT2D eigenvalue weighted by Gasteiger charge is 2.31. The van der Waals surface area contributed by atoms with E-state index in [0.29, 0.717) is 6.42 Å². The quantitative estimate of drug-likeness (QED) is 0.858. The summed E-state index contributed by atoms with van der Waals surface area (Å²) in [6, 6.07) is 5.19. The largest absolute Gasteiger partial charge is 0.329 e. The van der Waals surface area contributed by atoms with Gasteiger partial charge in [-0.15, -0.1) is 0 Å². The van der Waals surface area contributed by atoms with Crippen LogP contribution in [0.1, 0.15) is 51.6 Å². The van der Waals surface area contributed by atoms with Gasteiger partial charge in [0.25, 0.3) is 0 Å². The molecule has 2 aromatic rings. The van der Waals surface area contributed by atoms with Crippen molar-refractivity contribution in [3.8, 4) is 0 Å². The van der Waals surface area contributed by atoms with Gasteiger partial charge >= 0.3 is 5.69 Å². The van der Waals surface area contributed by atoms with Crippen LogP contribution in [0.25, 0.3) is 11.0 Å². The minimum atomic E-state index is -0.619. The summed E-state index contributed by atoms with van der Waals surface area (Å²) in [5, 5.41) is 2.30. The number of aryl methyl sites for hydroxylation is 2. The van der Waals surface area contributed by atoms with E-state index in [-0.39, 0.29) is 18.0 Å². The summed E-state index contributed by atoms with van der Waals surface area (Å²) in [5.74, 6) is -0.682. The van der Waals surface area contributed by atoms with E-state index in [0.717, 1.165) is 23.0 Å². The zero-order valence-corrected chi connectivity index (χ0v) is 14.8. The molecule has 24 heavy (non-hydrogen) atoms. The van der Waals surface area contributed by atoms with Crippen molar-refractivity contribution in [2.24, 2.45) is 7.05 Å². The second-order valence-corrected chi connectivity index (χ2v) is 6.06. The lowest BCUT2D eigenvalue weighted by molar-refractivity contribution is -0.135. The Balaban J connectivity index is 0.000000647. The average Bonchev–Trinajstić information content (AvgIpc) is 2.80. The highest BCUT2D eigenvalue weighted by molar-refractivity contribution is 6.00. The van der Waals surface area contributed by atoms with Crippen LogP contribution in [0.2, 0.25) is 0 Å². The minimum Gasteiger partial charge on any atom is -0.295 e. The zero-order valence-electron chi connectivity index (χ0n) is 14.8. The van der Waals surface area contributed by atoms with E-state index in [4.69, 9.17) is 0 Å². The van der Waals surface area contributed by atoms with Gasteiger partial charge in [-0.25, -0.2) is 4.79 Å². The molecule has 1 saturated heterocycles. The Kier molecular flexibility index (Phi) is 5.59. The number of amides is 2. The van der Waals surface area contributed by atoms with Gasteiger partial charge in [-0.1, -0.05) is 33.3 Å². The van der Waals surface area contributed by atoms with Crippen molar-refractivity contribution >= 4 is 22.8 Å². The molecule has 6 heteroatoms. The fourth-order valence-electron chi connectivity index (χ4n) is 2.86. The van der Waals surface area contributed by atoms with Gasteiger partial charge < -0.3 is 0 Å². The maximum Gasteiger partial charge on any atom is 0.329 e. The molecule has 130 valence electrons. The van der Waals surface area contributed by atoms with E-state index < -0.39 is 11.9 Å². The van der Waals surface area contributed by atoms with Gasteiger partial charge in [-0.05, 0) is 30.5 Å². The van der Waals surface area contributed by atoms with Gasteiger partial charge in [0.2, 0.25) is 11.8 Å². The van der Waals surface area contributed by atoms with Crippen LogP contribution in [0.5, 0.6) is 0 Å². The van der Waals surface area contributed by atoms with Crippen molar-refractivity contribution < 1.29 is 9.59 Å². The third-order valence-electron chi connectivity index (χ3n) is 4.08. The molecule has 1 atom stereocenters. The first-order valence-corrected chi connectivity index (χ1v) is 8.48. The molecule has 6 nitrogen and oxygen atoms in total. The number of rotatable bonds is 2. The van der Waals surface area contributed by atoms with E-state index in [2.05, 4.69) is 26.1 Å². The second-order valence-electron chi connectivity index (χ2n) is 6.06. The van der Waals surface area contributed by atoms with E-state index in [1.807, 2.05) is 18.2 Å². The predicted octanol–water partition coefficient (Wildman–Crippen LogP) is 2.30. The van der Waals surface area contributed by atoms with Crippen LogP contribution in [0.3, 0.4) is 0 Å². The number of hydrogen-bond acceptors (Lipinski definition) is 3. The van der Waals surface area contributed by atoms with E-state index in [9.17, 15) is 14.4 Å². The lowest BCUT2D eigenvalue weighted by Gasteiger charge is -2.21. The number of aromatic nitrogens is 2. The van der Waals surface area contributed by atoms with Crippen LogP contribution in [0.4, 0.5) is 0 Å². The van der Waals surface area contributed by atoms with E-state index >= 15 is 0 Å². The molecule has 1 aliphatic heterocycles. The van der Waals surface area contributed by atoms with Crippen molar-refractivity contribution in [3.05, 3.63) is 34.2 Å². The first kappa shape index (κ1) is 18.0. The number of carbonyl (C=O) groups is 2. The Bertz CT molecular complexity index is 817. The molecule has 1 aromatic heterocycles. The third kappa shape index (κ3) is 3.27. The molecule has 0 radical (unpaired) electrons.